The molecule has 4 rings (SSSR count). The molecule has 164 valence electrons. The van der Waals surface area contributed by atoms with Crippen LogP contribution in [0.4, 0.5) is 9.18 Å². The van der Waals surface area contributed by atoms with Gasteiger partial charge in [0.05, 0.1) is 18.2 Å². The van der Waals surface area contributed by atoms with Crippen LogP contribution in [-0.4, -0.2) is 34.2 Å². The minimum absolute atomic E-state index is 0.273. The van der Waals surface area contributed by atoms with E-state index >= 15 is 0 Å². The zero-order chi connectivity index (χ0) is 22.7. The van der Waals surface area contributed by atoms with Crippen LogP contribution in [0.2, 0.25) is 0 Å². The molecular weight excluding hydrogens is 411 g/mol. The minimum atomic E-state index is -0.571. The van der Waals surface area contributed by atoms with Crippen LogP contribution in [0.3, 0.4) is 0 Å². The van der Waals surface area contributed by atoms with Gasteiger partial charge < -0.3 is 14.6 Å². The topological polar surface area (TPSA) is 80.5 Å². The first-order valence-corrected chi connectivity index (χ1v) is 10.2. The fourth-order valence-corrected chi connectivity index (χ4v) is 3.63. The van der Waals surface area contributed by atoms with Crippen molar-refractivity contribution in [3.63, 3.8) is 0 Å². The van der Waals surface area contributed by atoms with Crippen molar-refractivity contribution >= 4 is 11.6 Å². The first-order chi connectivity index (χ1) is 15.5. The average molecular weight is 434 g/mol. The number of benzene rings is 2. The Morgan fingerprint density at radius 1 is 1.22 bits per heavy atom. The largest absolute Gasteiger partial charge is 0.494 e. The van der Waals surface area contributed by atoms with Crippen molar-refractivity contribution in [2.45, 2.75) is 19.9 Å². The molecule has 1 N–H and O–H groups in total. The maximum atomic E-state index is 13.5. The van der Waals surface area contributed by atoms with Gasteiger partial charge in [-0.15, -0.1) is 6.58 Å². The van der Waals surface area contributed by atoms with Crippen LogP contribution in [0, 0.1) is 5.82 Å². The van der Waals surface area contributed by atoms with Gasteiger partial charge in [0.2, 0.25) is 5.82 Å². The number of halogens is 1. The smallest absolute Gasteiger partial charge is 0.322 e. The van der Waals surface area contributed by atoms with E-state index in [1.807, 2.05) is 38.1 Å². The standard InChI is InChI=1S/C24H23FN4O3/c1-4-14-29-15(3)20(21(26-24(29)30)16-6-10-18(25)11-7-16)23-27-22(28-32-23)17-8-12-19(13-9-17)31-5-2/h4,6-13,21H,1,5,14H2,2-3H3,(H,26,30). The van der Waals surface area contributed by atoms with Gasteiger partial charge in [0, 0.05) is 17.8 Å². The number of hydrogen-bond acceptors (Lipinski definition) is 5. The number of nitrogens with zero attached hydrogens (tertiary/aromatic N) is 3. The van der Waals surface area contributed by atoms with Gasteiger partial charge in [-0.2, -0.15) is 4.98 Å². The van der Waals surface area contributed by atoms with Gasteiger partial charge in [0.25, 0.3) is 5.89 Å². The number of amides is 2. The Balaban J connectivity index is 1.75. The number of ether oxygens (including phenoxy) is 1. The molecule has 0 saturated heterocycles. The Labute approximate surface area is 185 Å². The summed E-state index contributed by atoms with van der Waals surface area (Å²) >= 11 is 0. The molecule has 7 nitrogen and oxygen atoms in total. The molecular formula is C24H23FN4O3. The fraction of sp³-hybridized carbons (Fsp3) is 0.208. The maximum absolute atomic E-state index is 13.5. The second-order valence-corrected chi connectivity index (χ2v) is 7.21. The third-order valence-corrected chi connectivity index (χ3v) is 5.19. The quantitative estimate of drug-likeness (QED) is 0.532. The van der Waals surface area contributed by atoms with Crippen LogP contribution in [0.15, 0.2) is 71.4 Å². The van der Waals surface area contributed by atoms with Gasteiger partial charge in [-0.1, -0.05) is 23.4 Å². The number of rotatable bonds is 7. The van der Waals surface area contributed by atoms with Crippen molar-refractivity contribution < 1.29 is 18.4 Å². The summed E-state index contributed by atoms with van der Waals surface area (Å²) in [6.45, 7) is 8.36. The highest BCUT2D eigenvalue weighted by molar-refractivity contribution is 5.87. The summed E-state index contributed by atoms with van der Waals surface area (Å²) in [6, 6.07) is 12.5. The van der Waals surface area contributed by atoms with Crippen molar-refractivity contribution in [1.82, 2.24) is 20.4 Å². The molecule has 1 aromatic heterocycles. The fourth-order valence-electron chi connectivity index (χ4n) is 3.63. The predicted molar refractivity (Wildman–Crippen MR) is 118 cm³/mol. The molecule has 2 heterocycles. The number of hydrogen-bond donors (Lipinski definition) is 1. The first-order valence-electron chi connectivity index (χ1n) is 10.2. The number of carbonyl (C=O) groups is 1. The van der Waals surface area contributed by atoms with E-state index in [1.165, 1.54) is 12.1 Å². The minimum Gasteiger partial charge on any atom is -0.494 e. The van der Waals surface area contributed by atoms with Gasteiger partial charge in [0.1, 0.15) is 11.6 Å². The van der Waals surface area contributed by atoms with E-state index in [1.54, 1.807) is 23.1 Å². The average Bonchev–Trinajstić information content (AvgIpc) is 3.27. The summed E-state index contributed by atoms with van der Waals surface area (Å²) in [5, 5.41) is 7.08. The zero-order valence-corrected chi connectivity index (χ0v) is 17.8. The van der Waals surface area contributed by atoms with Crippen LogP contribution in [-0.2, 0) is 0 Å². The molecule has 1 unspecified atom stereocenters. The Kier molecular flexibility index (Phi) is 6.02. The van der Waals surface area contributed by atoms with Crippen LogP contribution < -0.4 is 10.1 Å². The van der Waals surface area contributed by atoms with E-state index in [0.717, 1.165) is 11.3 Å². The van der Waals surface area contributed by atoms with Gasteiger partial charge in [-0.05, 0) is 55.8 Å². The molecule has 8 heteroatoms. The number of carbonyl (C=O) groups excluding carboxylic acids is 1. The van der Waals surface area contributed by atoms with E-state index in [2.05, 4.69) is 22.0 Å². The summed E-state index contributed by atoms with van der Waals surface area (Å²) in [4.78, 5) is 18.8. The molecule has 1 aliphatic rings. The zero-order valence-electron chi connectivity index (χ0n) is 17.8. The van der Waals surface area contributed by atoms with Crippen molar-refractivity contribution in [3.05, 3.63) is 84.2 Å². The van der Waals surface area contributed by atoms with Crippen molar-refractivity contribution in [1.29, 1.82) is 0 Å². The lowest BCUT2D eigenvalue weighted by Crippen LogP contribution is -2.46. The first kappa shape index (κ1) is 21.3. The Hall–Kier alpha value is -3.94. The highest BCUT2D eigenvalue weighted by Gasteiger charge is 2.35. The number of allylic oxidation sites excluding steroid dienone is 1. The molecule has 0 bridgehead atoms. The normalized spacial score (nSPS) is 16.2. The number of aromatic nitrogens is 2. The second-order valence-electron chi connectivity index (χ2n) is 7.21. The Morgan fingerprint density at radius 2 is 1.94 bits per heavy atom. The van der Waals surface area contributed by atoms with Gasteiger partial charge >= 0.3 is 6.03 Å². The molecule has 0 spiro atoms. The van der Waals surface area contributed by atoms with Gasteiger partial charge in [0.15, 0.2) is 0 Å². The number of nitrogens with one attached hydrogen (secondary N) is 1. The Bertz CT molecular complexity index is 1150. The molecule has 32 heavy (non-hydrogen) atoms. The van der Waals surface area contributed by atoms with Gasteiger partial charge in [-0.25, -0.2) is 9.18 Å². The third-order valence-electron chi connectivity index (χ3n) is 5.19. The van der Waals surface area contributed by atoms with E-state index in [-0.39, 0.29) is 17.7 Å². The highest BCUT2D eigenvalue weighted by atomic mass is 19.1. The third kappa shape index (κ3) is 4.12. The SMILES string of the molecule is C=CCN1C(=O)NC(c2ccc(F)cc2)C(c2nc(-c3ccc(OCC)cc3)no2)=C1C. The number of urea groups is 1. The van der Waals surface area contributed by atoms with E-state index < -0.39 is 6.04 Å². The Morgan fingerprint density at radius 3 is 2.59 bits per heavy atom. The predicted octanol–water partition coefficient (Wildman–Crippen LogP) is 4.96. The molecule has 0 aliphatic carbocycles. The van der Waals surface area contributed by atoms with Crippen LogP contribution in [0.1, 0.15) is 31.3 Å². The molecule has 1 aliphatic heterocycles. The molecule has 3 aromatic rings. The lowest BCUT2D eigenvalue weighted by atomic mass is 9.94. The summed E-state index contributed by atoms with van der Waals surface area (Å²) in [5.74, 6) is 1.08. The summed E-state index contributed by atoms with van der Waals surface area (Å²) < 4.78 is 24.6. The molecule has 2 aromatic carbocycles. The van der Waals surface area contributed by atoms with Crippen molar-refractivity contribution in [2.24, 2.45) is 0 Å². The van der Waals surface area contributed by atoms with Crippen LogP contribution >= 0.6 is 0 Å². The van der Waals surface area contributed by atoms with Gasteiger partial charge in [-0.3, -0.25) is 4.90 Å². The lowest BCUT2D eigenvalue weighted by Gasteiger charge is -2.34. The maximum Gasteiger partial charge on any atom is 0.322 e. The summed E-state index contributed by atoms with van der Waals surface area (Å²) in [6.07, 6.45) is 1.64. The lowest BCUT2D eigenvalue weighted by molar-refractivity contribution is 0.209. The van der Waals surface area contributed by atoms with Crippen molar-refractivity contribution in [2.75, 3.05) is 13.2 Å². The molecule has 2 amide bonds. The molecule has 0 fully saturated rings. The second kappa shape index (κ2) is 9.05. The monoisotopic (exact) mass is 434 g/mol. The summed E-state index contributed by atoms with van der Waals surface area (Å²) in [7, 11) is 0. The van der Waals surface area contributed by atoms with E-state index in [4.69, 9.17) is 9.26 Å². The van der Waals surface area contributed by atoms with E-state index in [9.17, 15) is 9.18 Å². The molecule has 0 saturated carbocycles. The summed E-state index contributed by atoms with van der Waals surface area (Å²) in [5.41, 5.74) is 2.77. The highest BCUT2D eigenvalue weighted by Crippen LogP contribution is 2.37. The van der Waals surface area contributed by atoms with Crippen molar-refractivity contribution in [3.8, 4) is 17.1 Å². The van der Waals surface area contributed by atoms with Crippen LogP contribution in [0.25, 0.3) is 17.0 Å². The van der Waals surface area contributed by atoms with Crippen LogP contribution in [0.5, 0.6) is 5.75 Å². The molecule has 0 radical (unpaired) electrons. The van der Waals surface area contributed by atoms with E-state index in [0.29, 0.717) is 35.8 Å². The molecule has 1 atom stereocenters.